The Morgan fingerprint density at radius 1 is 1.11 bits per heavy atom. The fourth-order valence-electron chi connectivity index (χ4n) is 3.29. The number of nitrogens with zero attached hydrogens (tertiary/aromatic N) is 4. The van der Waals surface area contributed by atoms with Gasteiger partial charge in [-0.25, -0.2) is 9.07 Å². The number of benzene rings is 2. The molecule has 0 bridgehead atoms. The van der Waals surface area contributed by atoms with Crippen LogP contribution in [0.5, 0.6) is 5.75 Å². The Hall–Kier alpha value is -2.71. The molecule has 0 atom stereocenters. The molecule has 0 spiro atoms. The number of anilines is 1. The lowest BCUT2D eigenvalue weighted by atomic mass is 10.2. The Kier molecular flexibility index (Phi) is 5.40. The first-order valence-corrected chi connectivity index (χ1v) is 9.49. The molecule has 0 N–H and O–H groups in total. The van der Waals surface area contributed by atoms with E-state index in [1.165, 1.54) is 18.9 Å². The maximum absolute atomic E-state index is 14.0. The van der Waals surface area contributed by atoms with E-state index in [0.29, 0.717) is 18.1 Å². The molecule has 0 saturated carbocycles. The van der Waals surface area contributed by atoms with Crippen LogP contribution in [0.3, 0.4) is 0 Å². The summed E-state index contributed by atoms with van der Waals surface area (Å²) >= 11 is 5.30. The Morgan fingerprint density at radius 2 is 1.86 bits per heavy atom. The van der Waals surface area contributed by atoms with Gasteiger partial charge in [-0.2, -0.15) is 0 Å². The lowest BCUT2D eigenvalue weighted by molar-refractivity contribution is 0.192. The summed E-state index contributed by atoms with van der Waals surface area (Å²) in [6, 6.07) is 15.0. The third kappa shape index (κ3) is 3.93. The molecular weight excluding hydrogens is 379 g/mol. The van der Waals surface area contributed by atoms with Gasteiger partial charge in [0.25, 0.3) is 4.84 Å². The van der Waals surface area contributed by atoms with Crippen molar-refractivity contribution < 1.29 is 13.5 Å². The first kappa shape index (κ1) is 18.6. The molecular formula is C20H21FN4O2S. The van der Waals surface area contributed by atoms with E-state index in [2.05, 4.69) is 39.2 Å². The van der Waals surface area contributed by atoms with Crippen LogP contribution in [0.15, 0.2) is 52.9 Å². The van der Waals surface area contributed by atoms with Crippen LogP contribution in [0.4, 0.5) is 10.1 Å². The Labute approximate surface area is 167 Å². The minimum absolute atomic E-state index is 0.179. The average Bonchev–Trinajstić information content (AvgIpc) is 3.09. The fraction of sp³-hybridized carbons (Fsp3) is 0.300. The lowest BCUT2D eigenvalue weighted by Crippen LogP contribution is -2.46. The number of para-hydroxylation sites is 1. The second-order valence-electron chi connectivity index (χ2n) is 6.60. The zero-order valence-corrected chi connectivity index (χ0v) is 16.4. The van der Waals surface area contributed by atoms with Crippen LogP contribution in [0.25, 0.3) is 11.5 Å². The van der Waals surface area contributed by atoms with Crippen molar-refractivity contribution in [3.63, 3.8) is 0 Å². The summed E-state index contributed by atoms with van der Waals surface area (Å²) in [4.78, 5) is 4.91. The van der Waals surface area contributed by atoms with Gasteiger partial charge in [-0.05, 0) is 42.5 Å². The summed E-state index contributed by atoms with van der Waals surface area (Å²) < 4.78 is 26.1. The van der Waals surface area contributed by atoms with Gasteiger partial charge in [0.15, 0.2) is 11.6 Å². The van der Waals surface area contributed by atoms with E-state index in [4.69, 9.17) is 21.4 Å². The number of aromatic nitrogens is 2. The highest BCUT2D eigenvalue weighted by molar-refractivity contribution is 7.71. The molecule has 3 aromatic rings. The normalized spacial score (nSPS) is 15.0. The summed E-state index contributed by atoms with van der Waals surface area (Å²) in [6.07, 6.45) is 0. The van der Waals surface area contributed by atoms with Gasteiger partial charge in [0.1, 0.15) is 0 Å². The highest BCUT2D eigenvalue weighted by Gasteiger charge is 2.19. The molecule has 1 aromatic heterocycles. The van der Waals surface area contributed by atoms with Gasteiger partial charge in [0, 0.05) is 37.4 Å². The Balaban J connectivity index is 1.42. The van der Waals surface area contributed by atoms with Crippen LogP contribution in [0.2, 0.25) is 0 Å². The van der Waals surface area contributed by atoms with Crippen LogP contribution in [-0.4, -0.2) is 48.0 Å². The lowest BCUT2D eigenvalue weighted by Gasteiger charge is -2.35. The third-order valence-electron chi connectivity index (χ3n) is 4.83. The van der Waals surface area contributed by atoms with Gasteiger partial charge in [0.2, 0.25) is 5.89 Å². The van der Waals surface area contributed by atoms with E-state index in [9.17, 15) is 4.39 Å². The molecule has 2 aromatic carbocycles. The van der Waals surface area contributed by atoms with Crippen molar-refractivity contribution in [3.8, 4) is 17.2 Å². The number of hydrogen-bond acceptors (Lipinski definition) is 6. The molecule has 0 amide bonds. The van der Waals surface area contributed by atoms with E-state index in [1.54, 1.807) is 16.8 Å². The summed E-state index contributed by atoms with van der Waals surface area (Å²) in [5.74, 6) is 0.0141. The van der Waals surface area contributed by atoms with Gasteiger partial charge >= 0.3 is 0 Å². The largest absolute Gasteiger partial charge is 0.494 e. The molecule has 0 radical (unpaired) electrons. The number of halogens is 1. The Morgan fingerprint density at radius 3 is 2.54 bits per heavy atom. The first-order chi connectivity index (χ1) is 13.6. The number of ether oxygens (including phenoxy) is 1. The molecule has 4 rings (SSSR count). The van der Waals surface area contributed by atoms with Crippen LogP contribution in [0.1, 0.15) is 0 Å². The van der Waals surface area contributed by atoms with Gasteiger partial charge in [0.05, 0.1) is 13.8 Å². The Bertz CT molecular complexity index is 997. The van der Waals surface area contributed by atoms with Crippen molar-refractivity contribution in [3.05, 3.63) is 59.2 Å². The van der Waals surface area contributed by atoms with Gasteiger partial charge in [-0.1, -0.05) is 18.2 Å². The second kappa shape index (κ2) is 8.12. The van der Waals surface area contributed by atoms with E-state index in [0.717, 1.165) is 26.2 Å². The summed E-state index contributed by atoms with van der Waals surface area (Å²) in [7, 11) is 1.43. The van der Waals surface area contributed by atoms with Crippen LogP contribution in [-0.2, 0) is 6.67 Å². The van der Waals surface area contributed by atoms with Crippen LogP contribution in [0, 0.1) is 10.7 Å². The second-order valence-corrected chi connectivity index (χ2v) is 6.95. The van der Waals surface area contributed by atoms with Crippen LogP contribution >= 0.6 is 12.2 Å². The third-order valence-corrected chi connectivity index (χ3v) is 5.13. The molecule has 146 valence electrons. The van der Waals surface area contributed by atoms with Gasteiger partial charge < -0.3 is 14.1 Å². The molecule has 8 heteroatoms. The highest BCUT2D eigenvalue weighted by Crippen LogP contribution is 2.25. The monoisotopic (exact) mass is 400 g/mol. The average molecular weight is 400 g/mol. The van der Waals surface area contributed by atoms with Crippen molar-refractivity contribution in [2.24, 2.45) is 0 Å². The van der Waals surface area contributed by atoms with Gasteiger partial charge in [-0.3, -0.25) is 4.90 Å². The molecule has 0 unspecified atom stereocenters. The first-order valence-electron chi connectivity index (χ1n) is 9.08. The van der Waals surface area contributed by atoms with E-state index in [1.807, 2.05) is 6.07 Å². The van der Waals surface area contributed by atoms with Crippen molar-refractivity contribution in [2.45, 2.75) is 6.67 Å². The standard InChI is InChI=1S/C20H21FN4O2S/c1-26-18-8-7-15(13-17(18)21)19-22-25(20(28)27-19)14-23-9-11-24(12-10-23)16-5-3-2-4-6-16/h2-8,13H,9-12,14H2,1H3. The molecule has 1 saturated heterocycles. The maximum atomic E-state index is 14.0. The van der Waals surface area contributed by atoms with E-state index in [-0.39, 0.29) is 10.6 Å². The summed E-state index contributed by atoms with van der Waals surface area (Å²) in [5, 5.41) is 4.43. The predicted octanol–water partition coefficient (Wildman–Crippen LogP) is 3.80. The van der Waals surface area contributed by atoms with E-state index >= 15 is 0 Å². The number of methoxy groups -OCH3 is 1. The number of rotatable bonds is 5. The SMILES string of the molecule is COc1ccc(-c2nn(CN3CCN(c4ccccc4)CC3)c(=S)o2)cc1F. The predicted molar refractivity (Wildman–Crippen MR) is 108 cm³/mol. The number of hydrogen-bond donors (Lipinski definition) is 0. The molecule has 2 heterocycles. The molecule has 6 nitrogen and oxygen atoms in total. The zero-order chi connectivity index (χ0) is 19.5. The summed E-state index contributed by atoms with van der Waals surface area (Å²) in [6.45, 7) is 4.22. The molecule has 28 heavy (non-hydrogen) atoms. The van der Waals surface area contributed by atoms with Crippen LogP contribution < -0.4 is 9.64 Å². The minimum Gasteiger partial charge on any atom is -0.494 e. The topological polar surface area (TPSA) is 46.7 Å². The fourth-order valence-corrected chi connectivity index (χ4v) is 3.46. The van der Waals surface area contributed by atoms with Gasteiger partial charge in [-0.15, -0.1) is 5.10 Å². The number of piperazine rings is 1. The maximum Gasteiger partial charge on any atom is 0.288 e. The molecule has 1 fully saturated rings. The minimum atomic E-state index is -0.465. The van der Waals surface area contributed by atoms with Crippen molar-refractivity contribution in [1.82, 2.24) is 14.7 Å². The van der Waals surface area contributed by atoms with E-state index < -0.39 is 5.82 Å². The molecule has 1 aliphatic heterocycles. The smallest absolute Gasteiger partial charge is 0.288 e. The van der Waals surface area contributed by atoms with Crippen molar-refractivity contribution in [1.29, 1.82) is 0 Å². The zero-order valence-electron chi connectivity index (χ0n) is 15.5. The molecule has 1 aliphatic rings. The molecule has 0 aliphatic carbocycles. The van der Waals surface area contributed by atoms with Crippen molar-refractivity contribution in [2.75, 3.05) is 38.2 Å². The van der Waals surface area contributed by atoms with Crippen molar-refractivity contribution >= 4 is 17.9 Å². The highest BCUT2D eigenvalue weighted by atomic mass is 32.1. The summed E-state index contributed by atoms with van der Waals surface area (Å²) in [5.41, 5.74) is 1.76. The quantitative estimate of drug-likeness (QED) is 0.607.